The van der Waals surface area contributed by atoms with Crippen molar-refractivity contribution in [1.82, 2.24) is 4.90 Å². The number of likely N-dealkylation sites (tertiary alicyclic amines) is 1. The van der Waals surface area contributed by atoms with Crippen LogP contribution in [0.15, 0.2) is 18.2 Å². The lowest BCUT2D eigenvalue weighted by Crippen LogP contribution is -2.22. The Hall–Kier alpha value is -1.35. The van der Waals surface area contributed by atoms with E-state index in [1.54, 1.807) is 0 Å². The average molecular weight is 273 g/mol. The molecule has 0 aromatic heterocycles. The minimum atomic E-state index is 0.358. The predicted molar refractivity (Wildman–Crippen MR) is 79.3 cm³/mol. The van der Waals surface area contributed by atoms with Crippen molar-refractivity contribution < 1.29 is 9.53 Å². The van der Waals surface area contributed by atoms with Crippen LogP contribution in [-0.2, 0) is 17.6 Å². The van der Waals surface area contributed by atoms with Gasteiger partial charge in [0.1, 0.15) is 11.5 Å². The van der Waals surface area contributed by atoms with Crippen LogP contribution in [0.2, 0.25) is 0 Å². The molecular weight excluding hydrogens is 250 g/mol. The van der Waals surface area contributed by atoms with Crippen molar-refractivity contribution >= 4 is 5.78 Å². The first-order chi connectivity index (χ1) is 9.81. The van der Waals surface area contributed by atoms with Gasteiger partial charge in [-0.2, -0.15) is 0 Å². The summed E-state index contributed by atoms with van der Waals surface area (Å²) in [5.74, 6) is 1.32. The second kappa shape index (κ2) is 6.40. The van der Waals surface area contributed by atoms with Gasteiger partial charge in [-0.1, -0.05) is 6.07 Å². The maximum absolute atomic E-state index is 11.4. The van der Waals surface area contributed by atoms with Crippen LogP contribution in [0.25, 0.3) is 0 Å². The molecule has 1 saturated heterocycles. The van der Waals surface area contributed by atoms with Crippen LogP contribution in [0.3, 0.4) is 0 Å². The number of hydrogen-bond acceptors (Lipinski definition) is 3. The summed E-state index contributed by atoms with van der Waals surface area (Å²) in [6, 6.07) is 6.19. The maximum atomic E-state index is 11.4. The Morgan fingerprint density at radius 1 is 1.10 bits per heavy atom. The summed E-state index contributed by atoms with van der Waals surface area (Å²) in [5.41, 5.74) is 2.48. The van der Waals surface area contributed by atoms with Crippen molar-refractivity contribution in [2.24, 2.45) is 0 Å². The molecule has 1 aliphatic carbocycles. The molecule has 1 aliphatic heterocycles. The molecular formula is C17H23NO2. The number of fused-ring (bicyclic) bond motifs is 1. The van der Waals surface area contributed by atoms with Crippen molar-refractivity contribution in [2.45, 2.75) is 38.5 Å². The zero-order valence-electron chi connectivity index (χ0n) is 12.1. The molecule has 1 aromatic carbocycles. The SMILES string of the molecule is O=C1CCc2cc(OCCCN3CCCC3)ccc2C1. The molecule has 20 heavy (non-hydrogen) atoms. The third-order valence-electron chi connectivity index (χ3n) is 4.32. The highest BCUT2D eigenvalue weighted by Gasteiger charge is 2.16. The minimum Gasteiger partial charge on any atom is -0.494 e. The minimum absolute atomic E-state index is 0.358. The Bertz CT molecular complexity index is 478. The molecule has 1 heterocycles. The van der Waals surface area contributed by atoms with E-state index in [1.807, 2.05) is 6.07 Å². The van der Waals surface area contributed by atoms with Crippen LogP contribution in [0.1, 0.15) is 36.8 Å². The summed E-state index contributed by atoms with van der Waals surface area (Å²) in [4.78, 5) is 13.9. The molecule has 3 nitrogen and oxygen atoms in total. The quantitative estimate of drug-likeness (QED) is 0.772. The molecule has 1 aromatic rings. The first-order valence-electron chi connectivity index (χ1n) is 7.80. The Balaban J connectivity index is 1.47. The van der Waals surface area contributed by atoms with E-state index >= 15 is 0 Å². The van der Waals surface area contributed by atoms with Crippen LogP contribution in [-0.4, -0.2) is 36.9 Å². The van der Waals surface area contributed by atoms with Gasteiger partial charge in [-0.3, -0.25) is 4.79 Å². The first-order valence-corrected chi connectivity index (χ1v) is 7.80. The van der Waals surface area contributed by atoms with Gasteiger partial charge in [-0.25, -0.2) is 0 Å². The fraction of sp³-hybridized carbons (Fsp3) is 0.588. The summed E-state index contributed by atoms with van der Waals surface area (Å²) >= 11 is 0. The van der Waals surface area contributed by atoms with E-state index in [0.29, 0.717) is 18.6 Å². The standard InChI is InChI=1S/C17H23NO2/c19-16-6-4-15-13-17(7-5-14(15)12-16)20-11-3-10-18-8-1-2-9-18/h5,7,13H,1-4,6,8-12H2. The second-order valence-electron chi connectivity index (χ2n) is 5.90. The summed E-state index contributed by atoms with van der Waals surface area (Å²) in [6.07, 6.45) is 5.96. The molecule has 0 amide bonds. The normalized spacial score (nSPS) is 19.1. The summed E-state index contributed by atoms with van der Waals surface area (Å²) in [5, 5.41) is 0. The zero-order chi connectivity index (χ0) is 13.8. The molecule has 108 valence electrons. The van der Waals surface area contributed by atoms with Crippen LogP contribution >= 0.6 is 0 Å². The van der Waals surface area contributed by atoms with Gasteiger partial charge < -0.3 is 9.64 Å². The van der Waals surface area contributed by atoms with Gasteiger partial charge in [0.05, 0.1) is 6.61 Å². The lowest BCUT2D eigenvalue weighted by atomic mass is 9.91. The number of nitrogens with zero attached hydrogens (tertiary/aromatic N) is 1. The monoisotopic (exact) mass is 273 g/mol. The van der Waals surface area contributed by atoms with Gasteiger partial charge in [-0.05, 0) is 62.0 Å². The maximum Gasteiger partial charge on any atom is 0.137 e. The van der Waals surface area contributed by atoms with Gasteiger partial charge in [0.25, 0.3) is 0 Å². The highest BCUT2D eigenvalue weighted by molar-refractivity contribution is 5.83. The summed E-state index contributed by atoms with van der Waals surface area (Å²) < 4.78 is 5.85. The number of Topliss-reactive ketones (excluding diaryl/α,β-unsaturated/α-hetero) is 1. The number of benzene rings is 1. The Morgan fingerprint density at radius 3 is 2.80 bits per heavy atom. The summed E-state index contributed by atoms with van der Waals surface area (Å²) in [6.45, 7) is 4.45. The molecule has 0 spiro atoms. The van der Waals surface area contributed by atoms with Gasteiger partial charge in [0.2, 0.25) is 0 Å². The fourth-order valence-electron chi connectivity index (χ4n) is 3.16. The van der Waals surface area contributed by atoms with Gasteiger partial charge >= 0.3 is 0 Å². The van der Waals surface area contributed by atoms with Crippen molar-refractivity contribution in [3.8, 4) is 5.75 Å². The van der Waals surface area contributed by atoms with E-state index in [1.165, 1.54) is 37.1 Å². The zero-order valence-corrected chi connectivity index (χ0v) is 12.1. The molecule has 3 heteroatoms. The number of aryl methyl sites for hydroxylation is 1. The molecule has 0 saturated carbocycles. The van der Waals surface area contributed by atoms with Gasteiger partial charge in [-0.15, -0.1) is 0 Å². The number of carbonyl (C=O) groups excluding carboxylic acids is 1. The highest BCUT2D eigenvalue weighted by Crippen LogP contribution is 2.24. The number of rotatable bonds is 5. The number of ether oxygens (including phenoxy) is 1. The lowest BCUT2D eigenvalue weighted by molar-refractivity contribution is -0.118. The Morgan fingerprint density at radius 2 is 1.95 bits per heavy atom. The summed E-state index contributed by atoms with van der Waals surface area (Å²) in [7, 11) is 0. The van der Waals surface area contributed by atoms with Crippen molar-refractivity contribution in [1.29, 1.82) is 0 Å². The van der Waals surface area contributed by atoms with E-state index in [0.717, 1.165) is 31.7 Å². The smallest absolute Gasteiger partial charge is 0.137 e. The average Bonchev–Trinajstić information content (AvgIpc) is 2.97. The molecule has 2 aliphatic rings. The Labute approximate surface area is 120 Å². The number of hydrogen-bond donors (Lipinski definition) is 0. The van der Waals surface area contributed by atoms with E-state index in [9.17, 15) is 4.79 Å². The second-order valence-corrected chi connectivity index (χ2v) is 5.90. The van der Waals surface area contributed by atoms with Gasteiger partial charge in [0.15, 0.2) is 0 Å². The van der Waals surface area contributed by atoms with E-state index in [2.05, 4.69) is 17.0 Å². The van der Waals surface area contributed by atoms with Crippen LogP contribution in [0, 0.1) is 0 Å². The largest absolute Gasteiger partial charge is 0.494 e. The Kier molecular flexibility index (Phi) is 4.36. The predicted octanol–water partition coefficient (Wildman–Crippen LogP) is 2.61. The molecule has 0 bridgehead atoms. The van der Waals surface area contributed by atoms with Gasteiger partial charge in [0, 0.05) is 19.4 Å². The van der Waals surface area contributed by atoms with Crippen molar-refractivity contribution in [3.05, 3.63) is 29.3 Å². The van der Waals surface area contributed by atoms with Crippen LogP contribution in [0.5, 0.6) is 5.75 Å². The van der Waals surface area contributed by atoms with Crippen molar-refractivity contribution in [2.75, 3.05) is 26.2 Å². The molecule has 0 N–H and O–H groups in total. The number of ketones is 1. The van der Waals surface area contributed by atoms with Crippen LogP contribution in [0.4, 0.5) is 0 Å². The van der Waals surface area contributed by atoms with E-state index in [4.69, 9.17) is 4.74 Å². The first kappa shape index (κ1) is 13.6. The van der Waals surface area contributed by atoms with Crippen molar-refractivity contribution in [3.63, 3.8) is 0 Å². The molecule has 3 rings (SSSR count). The number of carbonyl (C=O) groups is 1. The lowest BCUT2D eigenvalue weighted by Gasteiger charge is -2.17. The topological polar surface area (TPSA) is 29.5 Å². The van der Waals surface area contributed by atoms with Crippen LogP contribution < -0.4 is 4.74 Å². The molecule has 1 fully saturated rings. The third kappa shape index (κ3) is 3.40. The fourth-order valence-corrected chi connectivity index (χ4v) is 3.16. The van der Waals surface area contributed by atoms with E-state index in [-0.39, 0.29) is 0 Å². The van der Waals surface area contributed by atoms with E-state index < -0.39 is 0 Å². The molecule has 0 unspecified atom stereocenters. The molecule has 0 radical (unpaired) electrons. The molecule has 0 atom stereocenters. The third-order valence-corrected chi connectivity index (χ3v) is 4.32. The highest BCUT2D eigenvalue weighted by atomic mass is 16.5.